The first-order chi connectivity index (χ1) is 14.2. The topological polar surface area (TPSA) is 20.3 Å². The predicted molar refractivity (Wildman–Crippen MR) is 123 cm³/mol. The maximum atomic E-state index is 11.7. The second-order valence-corrected chi connectivity index (χ2v) is 8.12. The van der Waals surface area contributed by atoms with Gasteiger partial charge in [-0.1, -0.05) is 36.4 Å². The fraction of sp³-hybridized carbons (Fsp3) is 0.148. The normalized spacial score (nSPS) is 15.0. The molecule has 1 aliphatic rings. The van der Waals surface area contributed by atoms with Gasteiger partial charge in [-0.15, -0.1) is 0 Å². The van der Waals surface area contributed by atoms with Crippen LogP contribution in [0.1, 0.15) is 12.8 Å². The molecule has 6 rings (SSSR count). The summed E-state index contributed by atoms with van der Waals surface area (Å²) in [7, 11) is 0. The van der Waals surface area contributed by atoms with Crippen LogP contribution in [0.4, 0.5) is 5.69 Å². The maximum Gasteiger partial charge on any atom is 0.136 e. The van der Waals surface area contributed by atoms with E-state index in [1.165, 1.54) is 48.8 Å². The minimum atomic E-state index is 0.380. The zero-order valence-corrected chi connectivity index (χ0v) is 16.2. The summed E-state index contributed by atoms with van der Waals surface area (Å²) in [5.74, 6) is 0.380. The second-order valence-electron chi connectivity index (χ2n) is 8.12. The highest BCUT2D eigenvalue weighted by Gasteiger charge is 2.18. The van der Waals surface area contributed by atoms with Crippen molar-refractivity contribution in [1.82, 2.24) is 0 Å². The molecule has 0 bridgehead atoms. The van der Waals surface area contributed by atoms with Gasteiger partial charge >= 0.3 is 0 Å². The smallest absolute Gasteiger partial charge is 0.136 e. The van der Waals surface area contributed by atoms with Gasteiger partial charge in [0.25, 0.3) is 0 Å². The van der Waals surface area contributed by atoms with E-state index in [2.05, 4.69) is 83.8 Å². The number of nitrogens with zero attached hydrogens (tertiary/aromatic N) is 1. The maximum absolute atomic E-state index is 11.7. The fourth-order valence-electron chi connectivity index (χ4n) is 4.73. The van der Waals surface area contributed by atoms with Crippen LogP contribution >= 0.6 is 0 Å². The average Bonchev–Trinajstić information content (AvgIpc) is 2.75. The Morgan fingerprint density at radius 1 is 0.552 bits per heavy atom. The zero-order chi connectivity index (χ0) is 19.4. The van der Waals surface area contributed by atoms with Gasteiger partial charge < -0.3 is 4.90 Å². The van der Waals surface area contributed by atoms with Gasteiger partial charge in [-0.25, -0.2) is 0 Å². The van der Waals surface area contributed by atoms with Gasteiger partial charge in [0.15, 0.2) is 0 Å². The molecule has 0 atom stereocenters. The van der Waals surface area contributed by atoms with Crippen LogP contribution in [-0.4, -0.2) is 18.9 Å². The Morgan fingerprint density at radius 3 is 1.72 bits per heavy atom. The van der Waals surface area contributed by atoms with Crippen LogP contribution in [0, 0.1) is 0 Å². The van der Waals surface area contributed by atoms with E-state index in [1.54, 1.807) is 0 Å². The fourth-order valence-corrected chi connectivity index (χ4v) is 4.73. The summed E-state index contributed by atoms with van der Waals surface area (Å²) in [6.07, 6.45) is 1.31. The Bertz CT molecular complexity index is 1420. The lowest BCUT2D eigenvalue weighted by molar-refractivity contribution is -0.119. The summed E-state index contributed by atoms with van der Waals surface area (Å²) >= 11 is 0. The Labute approximate surface area is 169 Å². The van der Waals surface area contributed by atoms with Crippen LogP contribution in [0.25, 0.3) is 43.1 Å². The molecule has 0 aliphatic carbocycles. The summed E-state index contributed by atoms with van der Waals surface area (Å²) in [4.78, 5) is 14.0. The van der Waals surface area contributed by atoms with E-state index in [9.17, 15) is 4.79 Å². The van der Waals surface area contributed by atoms with Gasteiger partial charge in [-0.05, 0) is 80.2 Å². The van der Waals surface area contributed by atoms with Gasteiger partial charge in [-0.3, -0.25) is 4.79 Å². The number of rotatable bonds is 1. The summed E-state index contributed by atoms with van der Waals surface area (Å²) in [5, 5.41) is 10.2. The van der Waals surface area contributed by atoms with Crippen LogP contribution in [-0.2, 0) is 4.79 Å². The summed E-state index contributed by atoms with van der Waals surface area (Å²) in [5.41, 5.74) is 1.25. The highest BCUT2D eigenvalue weighted by molar-refractivity contribution is 6.10. The van der Waals surface area contributed by atoms with Crippen molar-refractivity contribution in [2.24, 2.45) is 0 Å². The lowest BCUT2D eigenvalue weighted by atomic mass is 9.96. The second kappa shape index (κ2) is 6.31. The van der Waals surface area contributed by atoms with Gasteiger partial charge in [-0.2, -0.15) is 0 Å². The van der Waals surface area contributed by atoms with E-state index in [0.29, 0.717) is 18.6 Å². The number of carbonyl (C=O) groups excluding carboxylic acids is 1. The number of hydrogen-bond donors (Lipinski definition) is 0. The molecular weight excluding hydrogens is 354 g/mol. The highest BCUT2D eigenvalue weighted by Crippen LogP contribution is 2.34. The molecule has 140 valence electrons. The molecule has 1 saturated heterocycles. The molecule has 0 amide bonds. The van der Waals surface area contributed by atoms with Crippen molar-refractivity contribution < 1.29 is 4.79 Å². The van der Waals surface area contributed by atoms with E-state index in [-0.39, 0.29) is 0 Å². The zero-order valence-electron chi connectivity index (χ0n) is 16.2. The van der Waals surface area contributed by atoms with Crippen molar-refractivity contribution in [1.29, 1.82) is 0 Å². The third-order valence-electron chi connectivity index (χ3n) is 6.30. The van der Waals surface area contributed by atoms with E-state index in [1.807, 2.05) is 0 Å². The van der Waals surface area contributed by atoms with Gasteiger partial charge in [0.2, 0.25) is 0 Å². The Morgan fingerprint density at radius 2 is 1.07 bits per heavy atom. The predicted octanol–water partition coefficient (Wildman–Crippen LogP) is 6.47. The number of hydrogen-bond acceptors (Lipinski definition) is 2. The Kier molecular flexibility index (Phi) is 3.60. The number of ketones is 1. The molecule has 0 radical (unpaired) electrons. The molecule has 5 aromatic carbocycles. The number of Topliss-reactive ketones (excluding diaryl/α,β-unsaturated/α-hetero) is 1. The average molecular weight is 375 g/mol. The Hall–Kier alpha value is -3.39. The highest BCUT2D eigenvalue weighted by atomic mass is 16.1. The molecule has 5 aromatic rings. The molecule has 29 heavy (non-hydrogen) atoms. The third-order valence-corrected chi connectivity index (χ3v) is 6.30. The van der Waals surface area contributed by atoms with Crippen molar-refractivity contribution in [2.45, 2.75) is 12.8 Å². The Balaban J connectivity index is 1.57. The lowest BCUT2D eigenvalue weighted by Crippen LogP contribution is -2.33. The van der Waals surface area contributed by atoms with Gasteiger partial charge in [0, 0.05) is 37.0 Å². The van der Waals surface area contributed by atoms with Gasteiger partial charge in [0.1, 0.15) is 5.78 Å². The van der Waals surface area contributed by atoms with Crippen LogP contribution in [0.2, 0.25) is 0 Å². The van der Waals surface area contributed by atoms with E-state index >= 15 is 0 Å². The molecule has 0 spiro atoms. The standard InChI is InChI=1S/C27H21NO/c29-25-8-10-28(11-9-25)27-7-3-6-20-14-23-15-21-12-18-4-1-2-5-19(18)13-22(21)16-24(23)17-26(20)27/h1-7,12-17H,8-11H2. The number of carbonyl (C=O) groups is 1. The van der Waals surface area contributed by atoms with E-state index in [0.717, 1.165) is 13.1 Å². The molecule has 0 saturated carbocycles. The first-order valence-electron chi connectivity index (χ1n) is 10.3. The lowest BCUT2D eigenvalue weighted by Gasteiger charge is -2.29. The molecule has 0 N–H and O–H groups in total. The van der Waals surface area contributed by atoms with E-state index < -0.39 is 0 Å². The summed E-state index contributed by atoms with van der Waals surface area (Å²) in [6, 6.07) is 28.9. The van der Waals surface area contributed by atoms with E-state index in [4.69, 9.17) is 0 Å². The number of benzene rings is 5. The largest absolute Gasteiger partial charge is 0.370 e. The molecular formula is C27H21NO. The van der Waals surface area contributed by atoms with Crippen LogP contribution in [0.3, 0.4) is 0 Å². The molecule has 1 aliphatic heterocycles. The molecule has 0 aromatic heterocycles. The van der Waals surface area contributed by atoms with Crippen molar-refractivity contribution >= 4 is 54.6 Å². The molecule has 0 unspecified atom stereocenters. The van der Waals surface area contributed by atoms with Crippen LogP contribution in [0.15, 0.2) is 78.9 Å². The molecule has 1 heterocycles. The minimum Gasteiger partial charge on any atom is -0.370 e. The summed E-state index contributed by atoms with van der Waals surface area (Å²) in [6.45, 7) is 1.64. The number of anilines is 1. The van der Waals surface area contributed by atoms with Gasteiger partial charge in [0.05, 0.1) is 0 Å². The number of fused-ring (bicyclic) bond motifs is 4. The first kappa shape index (κ1) is 16.6. The van der Waals surface area contributed by atoms with Crippen LogP contribution in [0.5, 0.6) is 0 Å². The van der Waals surface area contributed by atoms with Crippen molar-refractivity contribution in [3.05, 3.63) is 78.9 Å². The molecule has 2 heteroatoms. The SMILES string of the molecule is O=C1CCN(c2cccc3cc4cc5cc6ccccc6cc5cc4cc23)CC1. The quantitative estimate of drug-likeness (QED) is 0.313. The first-order valence-corrected chi connectivity index (χ1v) is 10.3. The number of piperidine rings is 1. The molecule has 2 nitrogen and oxygen atoms in total. The van der Waals surface area contributed by atoms with Crippen molar-refractivity contribution in [3.8, 4) is 0 Å². The minimum absolute atomic E-state index is 0.380. The monoisotopic (exact) mass is 375 g/mol. The van der Waals surface area contributed by atoms with Crippen LogP contribution < -0.4 is 4.90 Å². The van der Waals surface area contributed by atoms with Crippen molar-refractivity contribution in [3.63, 3.8) is 0 Å². The summed E-state index contributed by atoms with van der Waals surface area (Å²) < 4.78 is 0. The third kappa shape index (κ3) is 2.75. The van der Waals surface area contributed by atoms with Crippen molar-refractivity contribution in [2.75, 3.05) is 18.0 Å². The molecule has 1 fully saturated rings.